The quantitative estimate of drug-likeness (QED) is 0.462. The summed E-state index contributed by atoms with van der Waals surface area (Å²) in [6.45, 7) is 12.0. The van der Waals surface area contributed by atoms with E-state index in [0.29, 0.717) is 43.3 Å². The number of hydrogen-bond acceptors (Lipinski definition) is 7. The van der Waals surface area contributed by atoms with Crippen LogP contribution in [0.25, 0.3) is 0 Å². The molecular weight excluding hydrogens is 472 g/mol. The maximum atomic E-state index is 13.3. The van der Waals surface area contributed by atoms with Gasteiger partial charge in [-0.2, -0.15) is 0 Å². The zero-order chi connectivity index (χ0) is 26.5. The van der Waals surface area contributed by atoms with Crippen LogP contribution < -0.4 is 0 Å². The largest absolute Gasteiger partial charge is 0.458 e. The third-order valence-electron chi connectivity index (χ3n) is 10.7. The SMILES string of the molecule is C=C1C(=O)OC2C[C@@]3(C)C=CC(=O)[C@@H](CCC4(O)C(=O)C=C[C@]5(C)C[C@H]6OC(=O)C(=C)C6C[C@@H]45)[C@@H]3CC12. The first-order valence-electron chi connectivity index (χ1n) is 13.3. The van der Waals surface area contributed by atoms with Crippen LogP contribution in [0.2, 0.25) is 0 Å². The second kappa shape index (κ2) is 7.85. The van der Waals surface area contributed by atoms with Gasteiger partial charge in [-0.25, -0.2) is 9.59 Å². The number of ether oxygens (including phenoxy) is 2. The summed E-state index contributed by atoms with van der Waals surface area (Å²) in [4.78, 5) is 50.8. The Labute approximate surface area is 216 Å². The summed E-state index contributed by atoms with van der Waals surface area (Å²) in [5.74, 6) is -2.28. The van der Waals surface area contributed by atoms with Crippen LogP contribution in [0, 0.1) is 40.4 Å². The molecule has 0 spiro atoms. The number of ketones is 2. The number of esters is 2. The number of allylic oxidation sites excluding steroid dienone is 3. The van der Waals surface area contributed by atoms with Gasteiger partial charge in [-0.05, 0) is 67.4 Å². The maximum absolute atomic E-state index is 13.3. The first kappa shape index (κ1) is 24.5. The number of carbonyl (C=O) groups excluding carboxylic acids is 4. The molecule has 2 aliphatic heterocycles. The van der Waals surface area contributed by atoms with Crippen molar-refractivity contribution in [3.8, 4) is 0 Å². The molecule has 0 bridgehead atoms. The number of hydrogen-bond donors (Lipinski definition) is 1. The number of fused-ring (bicyclic) bond motifs is 4. The van der Waals surface area contributed by atoms with Crippen LogP contribution in [-0.4, -0.2) is 46.4 Å². The van der Waals surface area contributed by atoms with E-state index in [1.165, 1.54) is 6.08 Å². The average molecular weight is 507 g/mol. The Morgan fingerprint density at radius 1 is 0.892 bits per heavy atom. The maximum Gasteiger partial charge on any atom is 0.334 e. The minimum absolute atomic E-state index is 0.00573. The summed E-state index contributed by atoms with van der Waals surface area (Å²) in [7, 11) is 0. The summed E-state index contributed by atoms with van der Waals surface area (Å²) in [6.07, 6.45) is 9.06. The molecule has 196 valence electrons. The Morgan fingerprint density at radius 2 is 1.46 bits per heavy atom. The van der Waals surface area contributed by atoms with Crippen LogP contribution in [0.1, 0.15) is 52.4 Å². The molecule has 4 aliphatic carbocycles. The summed E-state index contributed by atoms with van der Waals surface area (Å²) < 4.78 is 11.1. The molecule has 4 fully saturated rings. The molecule has 4 unspecified atom stereocenters. The molecule has 0 aromatic rings. The van der Waals surface area contributed by atoms with Gasteiger partial charge >= 0.3 is 11.9 Å². The van der Waals surface area contributed by atoms with E-state index in [4.69, 9.17) is 9.47 Å². The topological polar surface area (TPSA) is 107 Å². The predicted molar refractivity (Wildman–Crippen MR) is 133 cm³/mol. The smallest absolute Gasteiger partial charge is 0.334 e. The van der Waals surface area contributed by atoms with Crippen molar-refractivity contribution < 1.29 is 33.8 Å². The van der Waals surface area contributed by atoms with E-state index < -0.39 is 22.9 Å². The van der Waals surface area contributed by atoms with E-state index in [1.54, 1.807) is 6.08 Å². The lowest BCUT2D eigenvalue weighted by atomic mass is 9.52. The first-order chi connectivity index (χ1) is 17.4. The zero-order valence-corrected chi connectivity index (χ0v) is 21.4. The van der Waals surface area contributed by atoms with Crippen LogP contribution in [0.15, 0.2) is 48.6 Å². The van der Waals surface area contributed by atoms with Gasteiger partial charge in [0.25, 0.3) is 0 Å². The molecule has 2 saturated heterocycles. The summed E-state index contributed by atoms with van der Waals surface area (Å²) in [6, 6.07) is 0. The monoisotopic (exact) mass is 506 g/mol. The molecule has 0 aromatic heterocycles. The van der Waals surface area contributed by atoms with Crippen molar-refractivity contribution in [2.45, 2.75) is 70.2 Å². The Kier molecular flexibility index (Phi) is 5.21. The lowest BCUT2D eigenvalue weighted by molar-refractivity contribution is -0.160. The van der Waals surface area contributed by atoms with Gasteiger partial charge < -0.3 is 14.6 Å². The van der Waals surface area contributed by atoms with Crippen molar-refractivity contribution >= 4 is 23.5 Å². The summed E-state index contributed by atoms with van der Waals surface area (Å²) in [5, 5.41) is 12.0. The summed E-state index contributed by atoms with van der Waals surface area (Å²) in [5.41, 5.74) is -1.61. The third-order valence-corrected chi connectivity index (χ3v) is 10.7. The fraction of sp³-hybridized carbons (Fsp3) is 0.600. The predicted octanol–water partition coefficient (Wildman–Crippen LogP) is 3.42. The highest BCUT2D eigenvalue weighted by atomic mass is 16.6. The van der Waals surface area contributed by atoms with Gasteiger partial charge in [-0.3, -0.25) is 9.59 Å². The zero-order valence-electron chi connectivity index (χ0n) is 21.4. The second-order valence-electron chi connectivity index (χ2n) is 12.7. The lowest BCUT2D eigenvalue weighted by Gasteiger charge is -2.53. The number of carbonyl (C=O) groups is 4. The number of aliphatic hydroxyl groups is 1. The molecule has 1 N–H and O–H groups in total. The van der Waals surface area contributed by atoms with E-state index >= 15 is 0 Å². The van der Waals surface area contributed by atoms with Gasteiger partial charge in [0, 0.05) is 34.8 Å². The molecule has 2 saturated carbocycles. The minimum Gasteiger partial charge on any atom is -0.458 e. The van der Waals surface area contributed by atoms with Gasteiger partial charge in [-0.1, -0.05) is 39.2 Å². The fourth-order valence-electron chi connectivity index (χ4n) is 8.46. The van der Waals surface area contributed by atoms with E-state index in [2.05, 4.69) is 20.1 Å². The third kappa shape index (κ3) is 3.42. The highest BCUT2D eigenvalue weighted by Crippen LogP contribution is 2.58. The Bertz CT molecular complexity index is 1210. The highest BCUT2D eigenvalue weighted by Gasteiger charge is 2.61. The molecule has 0 radical (unpaired) electrons. The molecule has 0 amide bonds. The molecule has 2 heterocycles. The Hall–Kier alpha value is -2.80. The first-order valence-corrected chi connectivity index (χ1v) is 13.3. The molecule has 6 aliphatic rings. The van der Waals surface area contributed by atoms with Gasteiger partial charge in [-0.15, -0.1) is 0 Å². The molecule has 10 atom stereocenters. The molecular formula is C30H34O7. The minimum atomic E-state index is -1.65. The van der Waals surface area contributed by atoms with Gasteiger partial charge in [0.1, 0.15) is 17.8 Å². The van der Waals surface area contributed by atoms with E-state index in [-0.39, 0.29) is 65.3 Å². The van der Waals surface area contributed by atoms with E-state index in [1.807, 2.05) is 19.1 Å². The van der Waals surface area contributed by atoms with Crippen LogP contribution in [0.4, 0.5) is 0 Å². The fourth-order valence-corrected chi connectivity index (χ4v) is 8.46. The van der Waals surface area contributed by atoms with Crippen molar-refractivity contribution in [2.75, 3.05) is 0 Å². The Balaban J connectivity index is 1.27. The van der Waals surface area contributed by atoms with Gasteiger partial charge in [0.2, 0.25) is 0 Å². The molecule has 6 rings (SSSR count). The van der Waals surface area contributed by atoms with E-state index in [0.717, 1.165) is 0 Å². The van der Waals surface area contributed by atoms with E-state index in [9.17, 15) is 24.3 Å². The van der Waals surface area contributed by atoms with Gasteiger partial charge in [0.05, 0.1) is 0 Å². The second-order valence-corrected chi connectivity index (χ2v) is 12.7. The van der Waals surface area contributed by atoms with Crippen LogP contribution >= 0.6 is 0 Å². The normalized spacial score (nSPS) is 48.2. The molecule has 7 heteroatoms. The van der Waals surface area contributed by atoms with Gasteiger partial charge in [0.15, 0.2) is 11.6 Å². The van der Waals surface area contributed by atoms with Crippen molar-refractivity contribution in [3.63, 3.8) is 0 Å². The van der Waals surface area contributed by atoms with Crippen molar-refractivity contribution in [1.82, 2.24) is 0 Å². The van der Waals surface area contributed by atoms with Crippen LogP contribution in [0.5, 0.6) is 0 Å². The molecule has 37 heavy (non-hydrogen) atoms. The summed E-state index contributed by atoms with van der Waals surface area (Å²) >= 11 is 0. The highest BCUT2D eigenvalue weighted by molar-refractivity contribution is 5.99. The van der Waals surface area contributed by atoms with Crippen molar-refractivity contribution in [3.05, 3.63) is 48.6 Å². The number of rotatable bonds is 3. The lowest BCUT2D eigenvalue weighted by Crippen LogP contribution is -2.58. The standard InChI is InChI=1S/C30H34O7/c1-15-18-11-20-17(21(31)6-8-28(20,3)13-22(18)36-26(15)33)5-10-30(35)24-12-19-16(2)27(34)37-23(19)14-29(24,4)9-7-25(30)32/h6-9,17-20,22-24,35H,1-2,5,10-14H2,3-4H3/t17-,18?,19?,20-,22?,23+,24+,28+,29+,30?/m0/s1. The van der Waals surface area contributed by atoms with Crippen molar-refractivity contribution in [2.24, 2.45) is 40.4 Å². The average Bonchev–Trinajstić information content (AvgIpc) is 3.27. The van der Waals surface area contributed by atoms with Crippen LogP contribution in [0.3, 0.4) is 0 Å². The Morgan fingerprint density at radius 3 is 2.11 bits per heavy atom. The van der Waals surface area contributed by atoms with Crippen molar-refractivity contribution in [1.29, 1.82) is 0 Å². The molecule has 7 nitrogen and oxygen atoms in total. The van der Waals surface area contributed by atoms with Crippen LogP contribution in [-0.2, 0) is 28.7 Å². The molecule has 0 aromatic carbocycles.